The van der Waals surface area contributed by atoms with Crippen LogP contribution >= 0.6 is 11.8 Å². The molecule has 0 bridgehead atoms. The monoisotopic (exact) mass is 250 g/mol. The summed E-state index contributed by atoms with van der Waals surface area (Å²) in [6, 6.07) is 10.5. The summed E-state index contributed by atoms with van der Waals surface area (Å²) < 4.78 is 0. The van der Waals surface area contributed by atoms with E-state index in [1.54, 1.807) is 0 Å². The Hall–Kier alpha value is -0.730. The molecule has 2 heteroatoms. The molecule has 17 heavy (non-hydrogen) atoms. The van der Waals surface area contributed by atoms with E-state index in [2.05, 4.69) is 37.3 Å². The number of benzene rings is 1. The Kier molecular flexibility index (Phi) is 7.06. The van der Waals surface area contributed by atoms with Crippen LogP contribution in [0.25, 0.3) is 0 Å². The quantitative estimate of drug-likeness (QED) is 0.576. The van der Waals surface area contributed by atoms with Crippen LogP contribution in [0.15, 0.2) is 46.9 Å². The molecular weight excluding hydrogens is 228 g/mol. The number of thioether (sulfide) groups is 1. The summed E-state index contributed by atoms with van der Waals surface area (Å²) in [4.78, 5) is 1.30. The van der Waals surface area contributed by atoms with E-state index >= 15 is 0 Å². The highest BCUT2D eigenvalue weighted by Gasteiger charge is 2.07. The van der Waals surface area contributed by atoms with Crippen LogP contribution in [0.4, 0.5) is 0 Å². The average Bonchev–Trinajstić information content (AvgIpc) is 2.37. The first-order valence-corrected chi connectivity index (χ1v) is 7.14. The Morgan fingerprint density at radius 2 is 2.06 bits per heavy atom. The molecule has 0 spiro atoms. The number of aliphatic hydroxyl groups is 1. The molecule has 0 heterocycles. The van der Waals surface area contributed by atoms with Crippen LogP contribution in [-0.4, -0.2) is 17.0 Å². The highest BCUT2D eigenvalue weighted by Crippen LogP contribution is 2.28. The lowest BCUT2D eigenvalue weighted by molar-refractivity contribution is 0.331. The van der Waals surface area contributed by atoms with Crippen LogP contribution in [0.1, 0.15) is 33.1 Å². The first kappa shape index (κ1) is 14.3. The van der Waals surface area contributed by atoms with Crippen LogP contribution in [-0.2, 0) is 0 Å². The minimum absolute atomic E-state index is 0.165. The van der Waals surface area contributed by atoms with E-state index in [0.717, 1.165) is 5.57 Å². The summed E-state index contributed by atoms with van der Waals surface area (Å²) in [5.41, 5.74) is 1.06. The molecule has 1 nitrogen and oxygen atoms in total. The van der Waals surface area contributed by atoms with Gasteiger partial charge in [0, 0.05) is 10.1 Å². The number of hydrogen-bond acceptors (Lipinski definition) is 2. The van der Waals surface area contributed by atoms with Crippen molar-refractivity contribution in [2.45, 2.75) is 43.3 Å². The van der Waals surface area contributed by atoms with E-state index in [-0.39, 0.29) is 6.61 Å². The molecule has 1 atom stereocenters. The van der Waals surface area contributed by atoms with Gasteiger partial charge >= 0.3 is 0 Å². The second kappa shape index (κ2) is 8.37. The highest BCUT2D eigenvalue weighted by molar-refractivity contribution is 8.00. The first-order chi connectivity index (χ1) is 8.26. The van der Waals surface area contributed by atoms with Crippen molar-refractivity contribution in [3.05, 3.63) is 42.0 Å². The second-order valence-corrected chi connectivity index (χ2v) is 5.60. The predicted molar refractivity (Wildman–Crippen MR) is 76.5 cm³/mol. The lowest BCUT2D eigenvalue weighted by Gasteiger charge is -2.13. The minimum atomic E-state index is 0.165. The predicted octanol–water partition coefficient (Wildman–Crippen LogP) is 4.28. The third-order valence-corrected chi connectivity index (χ3v) is 3.81. The second-order valence-electron chi connectivity index (χ2n) is 4.28. The van der Waals surface area contributed by atoms with Gasteiger partial charge in [0.1, 0.15) is 0 Å². The Morgan fingerprint density at radius 3 is 2.65 bits per heavy atom. The number of rotatable bonds is 7. The zero-order valence-corrected chi connectivity index (χ0v) is 11.5. The molecule has 0 radical (unpaired) electrons. The molecule has 0 aliphatic rings. The zero-order valence-electron chi connectivity index (χ0n) is 10.7. The Balaban J connectivity index is 2.63. The van der Waals surface area contributed by atoms with Gasteiger partial charge in [-0.1, -0.05) is 49.6 Å². The maximum absolute atomic E-state index is 9.10. The van der Waals surface area contributed by atoms with Crippen molar-refractivity contribution in [2.24, 2.45) is 0 Å². The summed E-state index contributed by atoms with van der Waals surface area (Å²) in [6.07, 6.45) is 5.83. The fourth-order valence-corrected chi connectivity index (χ4v) is 2.87. The standard InChI is InChI=1S/C15H22OS/c1-3-4-8-15(11-13(2)12-16)17-14-9-6-5-7-10-14/h5-7,9-11,15-16H,3-4,8,12H2,1-2H3/b13-11-. The summed E-state index contributed by atoms with van der Waals surface area (Å²) in [5.74, 6) is 0. The maximum Gasteiger partial charge on any atom is 0.0639 e. The minimum Gasteiger partial charge on any atom is -0.392 e. The summed E-state index contributed by atoms with van der Waals surface area (Å²) in [7, 11) is 0. The van der Waals surface area contributed by atoms with Crippen LogP contribution in [0.5, 0.6) is 0 Å². The van der Waals surface area contributed by atoms with Crippen LogP contribution < -0.4 is 0 Å². The maximum atomic E-state index is 9.10. The van der Waals surface area contributed by atoms with Crippen molar-refractivity contribution in [3.8, 4) is 0 Å². The molecule has 1 rings (SSSR count). The summed E-state index contributed by atoms with van der Waals surface area (Å²) >= 11 is 1.88. The third-order valence-electron chi connectivity index (χ3n) is 2.59. The van der Waals surface area contributed by atoms with Gasteiger partial charge in [-0.25, -0.2) is 0 Å². The molecule has 1 unspecified atom stereocenters. The largest absolute Gasteiger partial charge is 0.392 e. The number of unbranched alkanes of at least 4 members (excludes halogenated alkanes) is 1. The van der Waals surface area contributed by atoms with Crippen molar-refractivity contribution in [1.29, 1.82) is 0 Å². The van der Waals surface area contributed by atoms with Crippen molar-refractivity contribution in [2.75, 3.05) is 6.61 Å². The molecule has 1 N–H and O–H groups in total. The van der Waals surface area contributed by atoms with E-state index < -0.39 is 0 Å². The van der Waals surface area contributed by atoms with Gasteiger partial charge in [0.2, 0.25) is 0 Å². The van der Waals surface area contributed by atoms with Gasteiger partial charge in [-0.15, -0.1) is 11.8 Å². The highest BCUT2D eigenvalue weighted by atomic mass is 32.2. The summed E-state index contributed by atoms with van der Waals surface area (Å²) in [6.45, 7) is 4.37. The van der Waals surface area contributed by atoms with Crippen molar-refractivity contribution in [1.82, 2.24) is 0 Å². The smallest absolute Gasteiger partial charge is 0.0639 e. The molecule has 0 aromatic heterocycles. The van der Waals surface area contributed by atoms with E-state index in [0.29, 0.717) is 5.25 Å². The Bertz CT molecular complexity index is 332. The van der Waals surface area contributed by atoms with Gasteiger partial charge in [-0.05, 0) is 25.5 Å². The van der Waals surface area contributed by atoms with E-state index in [4.69, 9.17) is 5.11 Å². The van der Waals surface area contributed by atoms with E-state index in [1.807, 2.05) is 24.8 Å². The molecule has 0 aliphatic carbocycles. The normalized spacial score (nSPS) is 13.7. The topological polar surface area (TPSA) is 20.2 Å². The number of aliphatic hydroxyl groups excluding tert-OH is 1. The Labute approximate surface area is 109 Å². The molecule has 0 amide bonds. The average molecular weight is 250 g/mol. The van der Waals surface area contributed by atoms with Gasteiger partial charge in [0.25, 0.3) is 0 Å². The SMILES string of the molecule is CCCCC(/C=C(/C)CO)Sc1ccccc1. The van der Waals surface area contributed by atoms with Gasteiger partial charge in [-0.3, -0.25) is 0 Å². The molecule has 0 fully saturated rings. The summed E-state index contributed by atoms with van der Waals surface area (Å²) in [5, 5.41) is 9.57. The fourth-order valence-electron chi connectivity index (χ4n) is 1.63. The van der Waals surface area contributed by atoms with Gasteiger partial charge in [-0.2, -0.15) is 0 Å². The van der Waals surface area contributed by atoms with Crippen molar-refractivity contribution < 1.29 is 5.11 Å². The molecule has 0 aliphatic heterocycles. The molecule has 0 saturated heterocycles. The van der Waals surface area contributed by atoms with Gasteiger partial charge in [0.05, 0.1) is 6.61 Å². The van der Waals surface area contributed by atoms with E-state index in [1.165, 1.54) is 24.2 Å². The van der Waals surface area contributed by atoms with Crippen LogP contribution in [0, 0.1) is 0 Å². The van der Waals surface area contributed by atoms with Crippen molar-refractivity contribution in [3.63, 3.8) is 0 Å². The lowest BCUT2D eigenvalue weighted by Crippen LogP contribution is -2.01. The fraction of sp³-hybridized carbons (Fsp3) is 0.467. The molecular formula is C15H22OS. The van der Waals surface area contributed by atoms with E-state index in [9.17, 15) is 0 Å². The first-order valence-electron chi connectivity index (χ1n) is 6.26. The lowest BCUT2D eigenvalue weighted by atomic mass is 10.1. The third kappa shape index (κ3) is 5.94. The Morgan fingerprint density at radius 1 is 1.35 bits per heavy atom. The molecule has 0 saturated carbocycles. The van der Waals surface area contributed by atoms with Gasteiger partial charge < -0.3 is 5.11 Å². The zero-order chi connectivity index (χ0) is 12.5. The molecule has 1 aromatic carbocycles. The molecule has 94 valence electrons. The van der Waals surface area contributed by atoms with Crippen LogP contribution in [0.2, 0.25) is 0 Å². The van der Waals surface area contributed by atoms with Gasteiger partial charge in [0.15, 0.2) is 0 Å². The van der Waals surface area contributed by atoms with Crippen LogP contribution in [0.3, 0.4) is 0 Å². The van der Waals surface area contributed by atoms with Crippen molar-refractivity contribution >= 4 is 11.8 Å². The molecule has 1 aromatic rings. The number of hydrogen-bond donors (Lipinski definition) is 1.